The van der Waals surface area contributed by atoms with E-state index >= 15 is 0 Å². The first-order valence-corrected chi connectivity index (χ1v) is 5.99. The Bertz CT molecular complexity index is 493. The second-order valence-corrected chi connectivity index (χ2v) is 4.00. The molecule has 0 fully saturated rings. The molecule has 0 aliphatic heterocycles. The smallest absolute Gasteiger partial charge is 0.269 e. The number of nitrogens with one attached hydrogen (secondary N) is 2. The van der Waals surface area contributed by atoms with Gasteiger partial charge in [-0.25, -0.2) is 0 Å². The molecule has 0 unspecified atom stereocenters. The zero-order valence-electron chi connectivity index (χ0n) is 11.2. The van der Waals surface area contributed by atoms with E-state index in [0.29, 0.717) is 13.0 Å². The van der Waals surface area contributed by atoms with Gasteiger partial charge in [0, 0.05) is 18.7 Å². The minimum absolute atomic E-state index is 0. The Morgan fingerprint density at radius 2 is 1.76 bits per heavy atom. The van der Waals surface area contributed by atoms with Gasteiger partial charge in [-0.05, 0) is 12.0 Å². The molecule has 21 heavy (non-hydrogen) atoms. The fourth-order valence-electron chi connectivity index (χ4n) is 1.44. The third-order valence-corrected chi connectivity index (χ3v) is 2.51. The van der Waals surface area contributed by atoms with Crippen LogP contribution in [0.5, 0.6) is 0 Å². The Morgan fingerprint density at radius 1 is 1.14 bits per heavy atom. The van der Waals surface area contributed by atoms with E-state index in [0.717, 1.165) is 5.56 Å². The molecule has 0 heterocycles. The Labute approximate surface area is 127 Å². The number of non-ortho nitro benzene ring substituents is 1. The number of hydrogen-bond donors (Lipinski definition) is 3. The molecule has 0 atom stereocenters. The highest BCUT2D eigenvalue weighted by Crippen LogP contribution is 2.11. The maximum Gasteiger partial charge on any atom is 0.269 e. The molecule has 0 aromatic heterocycles. The molecule has 1 aromatic carbocycles. The predicted octanol–water partition coefficient (Wildman–Crippen LogP) is -0.250. The lowest BCUT2D eigenvalue weighted by Gasteiger charge is -2.06. The van der Waals surface area contributed by atoms with Gasteiger partial charge in [0.05, 0.1) is 18.0 Å². The predicted molar refractivity (Wildman–Crippen MR) is 79.1 cm³/mol. The first kappa shape index (κ1) is 18.8. The minimum atomic E-state index is -0.467. The van der Waals surface area contributed by atoms with Gasteiger partial charge in [0.15, 0.2) is 0 Å². The van der Waals surface area contributed by atoms with Crippen LogP contribution in [0.25, 0.3) is 0 Å². The molecule has 1 aromatic rings. The fraction of sp³-hybridized carbons (Fsp3) is 0.333. The van der Waals surface area contributed by atoms with Crippen LogP contribution in [0.3, 0.4) is 0 Å². The van der Waals surface area contributed by atoms with E-state index in [9.17, 15) is 19.7 Å². The van der Waals surface area contributed by atoms with E-state index in [1.165, 1.54) is 12.1 Å². The van der Waals surface area contributed by atoms with Crippen LogP contribution in [0.4, 0.5) is 5.69 Å². The van der Waals surface area contributed by atoms with Gasteiger partial charge in [0.1, 0.15) is 0 Å². The number of amides is 2. The van der Waals surface area contributed by atoms with Crippen LogP contribution in [-0.4, -0.2) is 36.4 Å². The van der Waals surface area contributed by atoms with Crippen LogP contribution in [0.2, 0.25) is 0 Å². The summed E-state index contributed by atoms with van der Waals surface area (Å²) in [6.07, 6.45) is 0.550. The monoisotopic (exact) mass is 316 g/mol. The number of nitro groups is 1. The second kappa shape index (κ2) is 9.67. The molecule has 0 aliphatic rings. The van der Waals surface area contributed by atoms with Gasteiger partial charge in [-0.1, -0.05) is 12.1 Å². The summed E-state index contributed by atoms with van der Waals surface area (Å²) in [7, 11) is 0. The van der Waals surface area contributed by atoms with Gasteiger partial charge < -0.3 is 16.4 Å². The van der Waals surface area contributed by atoms with Crippen molar-refractivity contribution in [1.29, 1.82) is 0 Å². The van der Waals surface area contributed by atoms with Crippen LogP contribution in [0, 0.1) is 10.1 Å². The van der Waals surface area contributed by atoms with Crippen molar-refractivity contribution in [3.8, 4) is 0 Å². The van der Waals surface area contributed by atoms with Gasteiger partial charge in [-0.3, -0.25) is 19.7 Å². The van der Waals surface area contributed by atoms with Gasteiger partial charge in [0.2, 0.25) is 11.8 Å². The molecule has 0 bridgehead atoms. The quantitative estimate of drug-likeness (QED) is 0.472. The molecule has 2 amide bonds. The molecule has 4 N–H and O–H groups in total. The maximum absolute atomic E-state index is 11.3. The number of nitrogens with two attached hydrogens (primary N) is 1. The largest absolute Gasteiger partial charge is 0.354 e. The lowest BCUT2D eigenvalue weighted by Crippen LogP contribution is -2.40. The van der Waals surface area contributed by atoms with Crippen LogP contribution in [0.1, 0.15) is 5.56 Å². The molecular formula is C12H17ClN4O4. The average molecular weight is 317 g/mol. The Morgan fingerprint density at radius 3 is 2.29 bits per heavy atom. The van der Waals surface area contributed by atoms with Crippen molar-refractivity contribution < 1.29 is 14.5 Å². The van der Waals surface area contributed by atoms with Crippen molar-refractivity contribution in [2.75, 3.05) is 19.6 Å². The van der Waals surface area contributed by atoms with E-state index in [1.54, 1.807) is 12.1 Å². The Kier molecular flexibility index (Phi) is 8.66. The van der Waals surface area contributed by atoms with Crippen molar-refractivity contribution in [2.24, 2.45) is 5.73 Å². The van der Waals surface area contributed by atoms with Crippen LogP contribution in [0.15, 0.2) is 24.3 Å². The normalized spacial score (nSPS) is 9.38. The molecule has 0 spiro atoms. The first-order valence-electron chi connectivity index (χ1n) is 5.99. The molecule has 0 aliphatic carbocycles. The van der Waals surface area contributed by atoms with Crippen molar-refractivity contribution >= 4 is 29.9 Å². The lowest BCUT2D eigenvalue weighted by atomic mass is 10.1. The van der Waals surface area contributed by atoms with E-state index in [1.807, 2.05) is 0 Å². The number of rotatable bonds is 7. The summed E-state index contributed by atoms with van der Waals surface area (Å²) in [5.74, 6) is -0.704. The molecule has 0 radical (unpaired) electrons. The molecule has 1 rings (SSSR count). The summed E-state index contributed by atoms with van der Waals surface area (Å²) >= 11 is 0. The van der Waals surface area contributed by atoms with E-state index in [2.05, 4.69) is 10.6 Å². The molecule has 0 saturated heterocycles. The summed E-state index contributed by atoms with van der Waals surface area (Å²) in [6, 6.07) is 6.11. The molecule has 9 heteroatoms. The molecule has 116 valence electrons. The van der Waals surface area contributed by atoms with Crippen molar-refractivity contribution in [2.45, 2.75) is 6.42 Å². The van der Waals surface area contributed by atoms with Gasteiger partial charge in [-0.15, -0.1) is 12.4 Å². The summed E-state index contributed by atoms with van der Waals surface area (Å²) in [4.78, 5) is 32.2. The number of nitro benzene ring substituents is 1. The second-order valence-electron chi connectivity index (χ2n) is 4.00. The zero-order chi connectivity index (χ0) is 15.0. The van der Waals surface area contributed by atoms with Crippen molar-refractivity contribution in [3.05, 3.63) is 39.9 Å². The van der Waals surface area contributed by atoms with Crippen LogP contribution >= 0.6 is 12.4 Å². The minimum Gasteiger partial charge on any atom is -0.354 e. The highest BCUT2D eigenvalue weighted by molar-refractivity contribution is 5.85. The number of halogens is 1. The first-order chi connectivity index (χ1) is 9.52. The topological polar surface area (TPSA) is 127 Å². The fourth-order valence-corrected chi connectivity index (χ4v) is 1.44. The van der Waals surface area contributed by atoms with Gasteiger partial charge >= 0.3 is 0 Å². The highest BCUT2D eigenvalue weighted by atomic mass is 35.5. The summed E-state index contributed by atoms with van der Waals surface area (Å²) in [5, 5.41) is 15.4. The van der Waals surface area contributed by atoms with Gasteiger partial charge in [0.25, 0.3) is 5.69 Å². The summed E-state index contributed by atoms with van der Waals surface area (Å²) < 4.78 is 0. The number of carbonyl (C=O) groups excluding carboxylic acids is 2. The van der Waals surface area contributed by atoms with E-state index in [4.69, 9.17) is 5.73 Å². The van der Waals surface area contributed by atoms with Crippen LogP contribution in [-0.2, 0) is 16.0 Å². The van der Waals surface area contributed by atoms with E-state index < -0.39 is 10.8 Å². The molecule has 0 saturated carbocycles. The lowest BCUT2D eigenvalue weighted by molar-refractivity contribution is -0.384. The SMILES string of the molecule is Cl.NCC(=O)NCC(=O)NCCc1ccc([N+](=O)[O-])cc1. The molecule has 8 nitrogen and oxygen atoms in total. The van der Waals surface area contributed by atoms with Crippen molar-refractivity contribution in [3.63, 3.8) is 0 Å². The van der Waals surface area contributed by atoms with E-state index in [-0.39, 0.29) is 37.1 Å². The van der Waals surface area contributed by atoms with Crippen LogP contribution < -0.4 is 16.4 Å². The average Bonchev–Trinajstić information content (AvgIpc) is 2.45. The highest BCUT2D eigenvalue weighted by Gasteiger charge is 2.05. The number of hydrogen-bond acceptors (Lipinski definition) is 5. The molecular weight excluding hydrogens is 300 g/mol. The number of benzene rings is 1. The Balaban J connectivity index is 0.00000400. The maximum atomic E-state index is 11.3. The number of carbonyl (C=O) groups is 2. The third kappa shape index (κ3) is 7.23. The van der Waals surface area contributed by atoms with Crippen molar-refractivity contribution in [1.82, 2.24) is 10.6 Å². The number of nitrogens with zero attached hydrogens (tertiary/aromatic N) is 1. The third-order valence-electron chi connectivity index (χ3n) is 2.51. The standard InChI is InChI=1S/C12H16N4O4.ClH/c13-7-11(17)15-8-12(18)14-6-5-9-1-3-10(4-2-9)16(19)20;/h1-4H,5-8,13H2,(H,14,18)(H,15,17);1H. The summed E-state index contributed by atoms with van der Waals surface area (Å²) in [5.41, 5.74) is 5.98. The summed E-state index contributed by atoms with van der Waals surface area (Å²) in [6.45, 7) is 0.113. The van der Waals surface area contributed by atoms with Gasteiger partial charge in [-0.2, -0.15) is 0 Å². The Hall–Kier alpha value is -2.19. The zero-order valence-corrected chi connectivity index (χ0v) is 12.0.